The number of piperazine rings is 1. The van der Waals surface area contributed by atoms with Gasteiger partial charge in [-0.1, -0.05) is 6.07 Å². The second-order valence-corrected chi connectivity index (χ2v) is 5.02. The second kappa shape index (κ2) is 6.15. The third-order valence-electron chi connectivity index (χ3n) is 3.66. The van der Waals surface area contributed by atoms with Gasteiger partial charge in [0.15, 0.2) is 11.5 Å². The number of nitrogens with zero attached hydrogens (tertiary/aromatic N) is 1. The lowest BCUT2D eigenvalue weighted by atomic mass is 10.1. The van der Waals surface area contributed by atoms with E-state index in [0.717, 1.165) is 17.9 Å². The zero-order valence-corrected chi connectivity index (χ0v) is 11.6. The number of fused-ring (bicyclic) bond motifs is 1. The monoisotopic (exact) mass is 290 g/mol. The zero-order chi connectivity index (χ0) is 14.7. The van der Waals surface area contributed by atoms with E-state index in [1.54, 1.807) is 11.0 Å². The topological polar surface area (TPSA) is 71.0 Å². The van der Waals surface area contributed by atoms with Gasteiger partial charge in [0.05, 0.1) is 12.6 Å². The molecule has 0 bridgehead atoms. The van der Waals surface area contributed by atoms with Crippen LogP contribution in [0.15, 0.2) is 24.3 Å². The smallest absolute Gasteiger partial charge is 0.246 e. The van der Waals surface area contributed by atoms with Crippen molar-refractivity contribution in [1.29, 1.82) is 0 Å². The molecule has 2 aliphatic rings. The average molecular weight is 290 g/mol. The van der Waals surface area contributed by atoms with Crippen molar-refractivity contribution >= 4 is 12.0 Å². The third kappa shape index (κ3) is 3.01. The Labute approximate surface area is 123 Å². The van der Waals surface area contributed by atoms with E-state index in [1.165, 1.54) is 6.08 Å². The summed E-state index contributed by atoms with van der Waals surface area (Å²) in [5, 5.41) is 12.5. The Hall–Kier alpha value is -2.05. The van der Waals surface area contributed by atoms with E-state index in [4.69, 9.17) is 9.47 Å². The van der Waals surface area contributed by atoms with Gasteiger partial charge in [-0.2, -0.15) is 0 Å². The fourth-order valence-corrected chi connectivity index (χ4v) is 2.49. The van der Waals surface area contributed by atoms with Gasteiger partial charge in [0.2, 0.25) is 12.7 Å². The van der Waals surface area contributed by atoms with Crippen LogP contribution in [-0.2, 0) is 4.79 Å². The molecule has 0 spiro atoms. The van der Waals surface area contributed by atoms with Crippen molar-refractivity contribution in [2.75, 3.05) is 33.0 Å². The van der Waals surface area contributed by atoms with E-state index in [2.05, 4.69) is 5.32 Å². The molecule has 6 nitrogen and oxygen atoms in total. The fourth-order valence-electron chi connectivity index (χ4n) is 2.49. The van der Waals surface area contributed by atoms with Gasteiger partial charge >= 0.3 is 0 Å². The first-order valence-electron chi connectivity index (χ1n) is 6.98. The maximum absolute atomic E-state index is 12.2. The summed E-state index contributed by atoms with van der Waals surface area (Å²) in [6.45, 7) is 2.19. The molecule has 2 aliphatic heterocycles. The molecule has 1 aromatic rings. The SMILES string of the molecule is O=C(/C=C/c1ccc2c(c1)OCO2)N1CCNCC1CO. The molecule has 2 N–H and O–H groups in total. The molecule has 1 unspecified atom stereocenters. The van der Waals surface area contributed by atoms with Gasteiger partial charge in [0, 0.05) is 25.7 Å². The number of benzene rings is 1. The van der Waals surface area contributed by atoms with E-state index in [-0.39, 0.29) is 25.3 Å². The maximum atomic E-state index is 12.2. The highest BCUT2D eigenvalue weighted by Gasteiger charge is 2.24. The molecule has 21 heavy (non-hydrogen) atoms. The molecule has 1 aromatic carbocycles. The number of carbonyl (C=O) groups is 1. The summed E-state index contributed by atoms with van der Waals surface area (Å²) in [5.41, 5.74) is 0.878. The van der Waals surface area contributed by atoms with Crippen LogP contribution in [0, 0.1) is 0 Å². The average Bonchev–Trinajstić information content (AvgIpc) is 3.00. The van der Waals surface area contributed by atoms with Crippen LogP contribution in [0.4, 0.5) is 0 Å². The predicted octanol–water partition coefficient (Wildman–Crippen LogP) is 0.221. The molecule has 0 aromatic heterocycles. The molecule has 0 saturated carbocycles. The molecular formula is C15H18N2O4. The minimum atomic E-state index is -0.160. The number of nitrogens with one attached hydrogen (secondary N) is 1. The first kappa shape index (κ1) is 13.9. The van der Waals surface area contributed by atoms with Crippen LogP contribution in [0.3, 0.4) is 0 Å². The van der Waals surface area contributed by atoms with Crippen molar-refractivity contribution < 1.29 is 19.4 Å². The molecule has 0 aliphatic carbocycles. The molecule has 3 rings (SSSR count). The molecule has 112 valence electrons. The van der Waals surface area contributed by atoms with Crippen LogP contribution in [0.5, 0.6) is 11.5 Å². The van der Waals surface area contributed by atoms with Crippen LogP contribution in [0.2, 0.25) is 0 Å². The Morgan fingerprint density at radius 3 is 3.14 bits per heavy atom. The number of ether oxygens (including phenoxy) is 2. The van der Waals surface area contributed by atoms with Gasteiger partial charge in [-0.05, 0) is 23.8 Å². The molecule has 1 saturated heterocycles. The van der Waals surface area contributed by atoms with Crippen molar-refractivity contribution in [3.05, 3.63) is 29.8 Å². The Morgan fingerprint density at radius 2 is 2.29 bits per heavy atom. The molecule has 1 amide bonds. The molecule has 2 heterocycles. The lowest BCUT2D eigenvalue weighted by Gasteiger charge is -2.34. The summed E-state index contributed by atoms with van der Waals surface area (Å²) >= 11 is 0. The van der Waals surface area contributed by atoms with Crippen LogP contribution in [-0.4, -0.2) is 55.0 Å². The number of hydrogen-bond acceptors (Lipinski definition) is 5. The summed E-state index contributed by atoms with van der Waals surface area (Å²) in [6.07, 6.45) is 3.28. The van der Waals surface area contributed by atoms with Gasteiger partial charge in [-0.15, -0.1) is 0 Å². The first-order valence-corrected chi connectivity index (χ1v) is 6.98. The van der Waals surface area contributed by atoms with Crippen molar-refractivity contribution in [1.82, 2.24) is 10.2 Å². The molecule has 1 fully saturated rings. The quantitative estimate of drug-likeness (QED) is 0.779. The van der Waals surface area contributed by atoms with Crippen LogP contribution < -0.4 is 14.8 Å². The summed E-state index contributed by atoms with van der Waals surface area (Å²) in [7, 11) is 0. The molecule has 1 atom stereocenters. The third-order valence-corrected chi connectivity index (χ3v) is 3.66. The predicted molar refractivity (Wildman–Crippen MR) is 77.1 cm³/mol. The Morgan fingerprint density at radius 1 is 1.43 bits per heavy atom. The van der Waals surface area contributed by atoms with Crippen molar-refractivity contribution in [3.63, 3.8) is 0 Å². The summed E-state index contributed by atoms with van der Waals surface area (Å²) in [5.74, 6) is 1.33. The van der Waals surface area contributed by atoms with Crippen molar-refractivity contribution in [2.45, 2.75) is 6.04 Å². The summed E-state index contributed by atoms with van der Waals surface area (Å²) in [4.78, 5) is 13.9. The maximum Gasteiger partial charge on any atom is 0.246 e. The number of aliphatic hydroxyl groups is 1. The summed E-state index contributed by atoms with van der Waals surface area (Å²) in [6, 6.07) is 5.38. The number of carbonyl (C=O) groups excluding carboxylic acids is 1. The van der Waals surface area contributed by atoms with Crippen LogP contribution in [0.25, 0.3) is 6.08 Å². The van der Waals surface area contributed by atoms with E-state index in [1.807, 2.05) is 18.2 Å². The Bertz CT molecular complexity index is 559. The van der Waals surface area contributed by atoms with Gasteiger partial charge in [-0.25, -0.2) is 0 Å². The second-order valence-electron chi connectivity index (χ2n) is 5.02. The number of rotatable bonds is 3. The highest BCUT2D eigenvalue weighted by atomic mass is 16.7. The number of aliphatic hydroxyl groups excluding tert-OH is 1. The van der Waals surface area contributed by atoms with E-state index >= 15 is 0 Å². The normalized spacial score (nSPS) is 21.0. The van der Waals surface area contributed by atoms with Gasteiger partial charge in [-0.3, -0.25) is 4.79 Å². The minimum Gasteiger partial charge on any atom is -0.454 e. The van der Waals surface area contributed by atoms with E-state index in [9.17, 15) is 9.90 Å². The standard InChI is InChI=1S/C15H18N2O4/c18-9-12-8-16-5-6-17(12)15(19)4-2-11-1-3-13-14(7-11)21-10-20-13/h1-4,7,12,16,18H,5-6,8-10H2/b4-2+. The molecule has 6 heteroatoms. The van der Waals surface area contributed by atoms with Crippen LogP contribution >= 0.6 is 0 Å². The van der Waals surface area contributed by atoms with E-state index < -0.39 is 0 Å². The fraction of sp³-hybridized carbons (Fsp3) is 0.400. The zero-order valence-electron chi connectivity index (χ0n) is 11.6. The first-order chi connectivity index (χ1) is 10.3. The highest BCUT2D eigenvalue weighted by Crippen LogP contribution is 2.32. The van der Waals surface area contributed by atoms with Crippen LogP contribution in [0.1, 0.15) is 5.56 Å². The Kier molecular flexibility index (Phi) is 4.08. The van der Waals surface area contributed by atoms with Gasteiger partial charge in [0.25, 0.3) is 0 Å². The molecule has 0 radical (unpaired) electrons. The van der Waals surface area contributed by atoms with Crippen molar-refractivity contribution in [2.24, 2.45) is 0 Å². The Balaban J connectivity index is 1.68. The minimum absolute atomic E-state index is 0.0311. The lowest BCUT2D eigenvalue weighted by molar-refractivity contribution is -0.129. The number of amides is 1. The van der Waals surface area contributed by atoms with Gasteiger partial charge in [0.1, 0.15) is 0 Å². The largest absolute Gasteiger partial charge is 0.454 e. The summed E-state index contributed by atoms with van der Waals surface area (Å²) < 4.78 is 10.6. The lowest BCUT2D eigenvalue weighted by Crippen LogP contribution is -2.54. The number of hydrogen-bond donors (Lipinski definition) is 2. The highest BCUT2D eigenvalue weighted by molar-refractivity contribution is 5.92. The van der Waals surface area contributed by atoms with Crippen molar-refractivity contribution in [3.8, 4) is 11.5 Å². The van der Waals surface area contributed by atoms with Gasteiger partial charge < -0.3 is 24.8 Å². The molecular weight excluding hydrogens is 272 g/mol. The van der Waals surface area contributed by atoms with E-state index in [0.29, 0.717) is 18.8 Å².